The van der Waals surface area contributed by atoms with Gasteiger partial charge in [-0.3, -0.25) is 0 Å². The Hall–Kier alpha value is -0.770. The van der Waals surface area contributed by atoms with Gasteiger partial charge in [-0.2, -0.15) is 0 Å². The van der Waals surface area contributed by atoms with Gasteiger partial charge in [0.2, 0.25) is 5.76 Å². The summed E-state index contributed by atoms with van der Waals surface area (Å²) in [6.07, 6.45) is 0.663. The van der Waals surface area contributed by atoms with Crippen LogP contribution >= 0.6 is 15.9 Å². The lowest BCUT2D eigenvalue weighted by Gasteiger charge is -1.89. The van der Waals surface area contributed by atoms with Crippen molar-refractivity contribution in [1.29, 1.82) is 0 Å². The molecule has 0 saturated carbocycles. The molecule has 0 radical (unpaired) electrons. The van der Waals surface area contributed by atoms with Crippen molar-refractivity contribution in [3.8, 4) is 0 Å². The van der Waals surface area contributed by atoms with Crippen molar-refractivity contribution in [1.82, 2.24) is 0 Å². The van der Waals surface area contributed by atoms with Crippen molar-refractivity contribution in [2.45, 2.75) is 13.3 Å². The van der Waals surface area contributed by atoms with Gasteiger partial charge < -0.3 is 9.52 Å². The molecule has 1 aromatic heterocycles. The Bertz CT molecular complexity index is 277. The van der Waals surface area contributed by atoms with E-state index in [1.54, 1.807) is 6.07 Å². The van der Waals surface area contributed by atoms with E-state index in [0.717, 1.165) is 0 Å². The third kappa shape index (κ3) is 1.63. The smallest absolute Gasteiger partial charge is 0.372 e. The van der Waals surface area contributed by atoms with Gasteiger partial charge in [-0.05, 0) is 28.4 Å². The highest BCUT2D eigenvalue weighted by molar-refractivity contribution is 9.10. The summed E-state index contributed by atoms with van der Waals surface area (Å²) in [6.45, 7) is 1.88. The minimum Gasteiger partial charge on any atom is -0.475 e. The first-order valence-electron chi connectivity index (χ1n) is 3.16. The topological polar surface area (TPSA) is 50.4 Å². The molecule has 4 heteroatoms. The normalized spacial score (nSPS) is 10.0. The molecule has 3 nitrogen and oxygen atoms in total. The third-order valence-electron chi connectivity index (χ3n) is 1.35. The summed E-state index contributed by atoms with van der Waals surface area (Å²) in [4.78, 5) is 10.5. The molecule has 0 unspecified atom stereocenters. The first-order valence-corrected chi connectivity index (χ1v) is 3.96. The lowest BCUT2D eigenvalue weighted by atomic mass is 10.2. The molecule has 0 aliphatic rings. The molecule has 1 N–H and O–H groups in total. The van der Waals surface area contributed by atoms with Gasteiger partial charge in [0.25, 0.3) is 0 Å². The molecular weight excluding hydrogens is 212 g/mol. The Morgan fingerprint density at radius 2 is 2.45 bits per heavy atom. The number of carboxylic acids is 1. The maximum absolute atomic E-state index is 10.5. The number of aryl methyl sites for hydroxylation is 1. The number of rotatable bonds is 2. The van der Waals surface area contributed by atoms with E-state index in [9.17, 15) is 4.79 Å². The monoisotopic (exact) mass is 218 g/mol. The van der Waals surface area contributed by atoms with Crippen LogP contribution in [0, 0.1) is 0 Å². The molecule has 1 heterocycles. The predicted molar refractivity (Wildman–Crippen MR) is 42.7 cm³/mol. The first kappa shape index (κ1) is 8.33. The largest absolute Gasteiger partial charge is 0.475 e. The van der Waals surface area contributed by atoms with Crippen molar-refractivity contribution in [2.24, 2.45) is 0 Å². The van der Waals surface area contributed by atoms with E-state index in [0.29, 0.717) is 16.7 Å². The van der Waals surface area contributed by atoms with E-state index < -0.39 is 5.97 Å². The molecule has 0 saturated heterocycles. The standard InChI is InChI=1S/C7H7BrO3/c1-2-4-3-5(8)11-6(4)7(9)10/h3H,2H2,1H3,(H,9,10). The summed E-state index contributed by atoms with van der Waals surface area (Å²) in [5, 5.41) is 8.60. The maximum atomic E-state index is 10.5. The first-order chi connectivity index (χ1) is 5.15. The number of aromatic carboxylic acids is 1. The SMILES string of the molecule is CCc1cc(Br)oc1C(=O)O. The molecular formula is C7H7BrO3. The van der Waals surface area contributed by atoms with Crippen LogP contribution in [0.4, 0.5) is 0 Å². The zero-order valence-corrected chi connectivity index (χ0v) is 7.51. The molecule has 0 fully saturated rings. The Kier molecular flexibility index (Phi) is 2.34. The average Bonchev–Trinajstić information content (AvgIpc) is 2.30. The zero-order valence-electron chi connectivity index (χ0n) is 5.93. The van der Waals surface area contributed by atoms with Gasteiger partial charge in [0.05, 0.1) is 0 Å². The summed E-state index contributed by atoms with van der Waals surface area (Å²) in [5.41, 5.74) is 0.712. The fraction of sp³-hybridized carbons (Fsp3) is 0.286. The quantitative estimate of drug-likeness (QED) is 0.830. The highest BCUT2D eigenvalue weighted by atomic mass is 79.9. The van der Waals surface area contributed by atoms with Crippen LogP contribution < -0.4 is 0 Å². The minimum atomic E-state index is -1.02. The van der Waals surface area contributed by atoms with Gasteiger partial charge in [-0.25, -0.2) is 4.79 Å². The molecule has 11 heavy (non-hydrogen) atoms. The zero-order chi connectivity index (χ0) is 8.43. The van der Waals surface area contributed by atoms with Crippen LogP contribution in [0.3, 0.4) is 0 Å². The van der Waals surface area contributed by atoms with Gasteiger partial charge >= 0.3 is 5.97 Å². The van der Waals surface area contributed by atoms with Crippen molar-refractivity contribution in [3.05, 3.63) is 22.1 Å². The number of hydrogen-bond acceptors (Lipinski definition) is 2. The molecule has 1 aromatic rings. The summed E-state index contributed by atoms with van der Waals surface area (Å²) in [7, 11) is 0. The second-order valence-corrected chi connectivity index (χ2v) is 2.85. The van der Waals surface area contributed by atoms with Crippen molar-refractivity contribution in [3.63, 3.8) is 0 Å². The molecule has 60 valence electrons. The fourth-order valence-electron chi connectivity index (χ4n) is 0.839. The fourth-order valence-corrected chi connectivity index (χ4v) is 1.28. The Morgan fingerprint density at radius 3 is 2.82 bits per heavy atom. The number of furan rings is 1. The molecule has 0 bridgehead atoms. The molecule has 0 atom stereocenters. The van der Waals surface area contributed by atoms with E-state index >= 15 is 0 Å². The summed E-state index contributed by atoms with van der Waals surface area (Å²) < 4.78 is 5.35. The highest BCUT2D eigenvalue weighted by Crippen LogP contribution is 2.20. The second kappa shape index (κ2) is 3.09. The van der Waals surface area contributed by atoms with Crippen LogP contribution in [0.25, 0.3) is 0 Å². The molecule has 0 aliphatic heterocycles. The van der Waals surface area contributed by atoms with Gasteiger partial charge in [-0.15, -0.1) is 0 Å². The number of hydrogen-bond donors (Lipinski definition) is 1. The van der Waals surface area contributed by atoms with Crippen molar-refractivity contribution >= 4 is 21.9 Å². The van der Waals surface area contributed by atoms with Crippen molar-refractivity contribution < 1.29 is 14.3 Å². The van der Waals surface area contributed by atoms with E-state index in [4.69, 9.17) is 9.52 Å². The van der Waals surface area contributed by atoms with E-state index in [-0.39, 0.29) is 5.76 Å². The summed E-state index contributed by atoms with van der Waals surface area (Å²) >= 11 is 3.06. The lowest BCUT2D eigenvalue weighted by Crippen LogP contribution is -1.97. The van der Waals surface area contributed by atoms with E-state index in [1.165, 1.54) is 0 Å². The highest BCUT2D eigenvalue weighted by Gasteiger charge is 2.14. The number of carbonyl (C=O) groups is 1. The third-order valence-corrected chi connectivity index (χ3v) is 1.74. The Labute approximate surface area is 72.1 Å². The number of halogens is 1. The molecule has 0 aromatic carbocycles. The van der Waals surface area contributed by atoms with Gasteiger partial charge in [-0.1, -0.05) is 6.92 Å². The molecule has 0 spiro atoms. The van der Waals surface area contributed by atoms with Gasteiger partial charge in [0, 0.05) is 5.56 Å². The van der Waals surface area contributed by atoms with Gasteiger partial charge in [0.1, 0.15) is 0 Å². The van der Waals surface area contributed by atoms with Crippen LogP contribution in [0.15, 0.2) is 15.2 Å². The predicted octanol–water partition coefficient (Wildman–Crippen LogP) is 2.30. The molecule has 0 amide bonds. The van der Waals surface area contributed by atoms with Crippen LogP contribution in [-0.2, 0) is 6.42 Å². The average molecular weight is 219 g/mol. The molecule has 0 aliphatic carbocycles. The van der Waals surface area contributed by atoms with Crippen LogP contribution in [0.2, 0.25) is 0 Å². The Balaban J connectivity index is 3.12. The number of carboxylic acid groups (broad SMARTS) is 1. The van der Waals surface area contributed by atoms with Crippen LogP contribution in [-0.4, -0.2) is 11.1 Å². The van der Waals surface area contributed by atoms with Gasteiger partial charge in [0.15, 0.2) is 4.67 Å². The summed E-state index contributed by atoms with van der Waals surface area (Å²) in [6, 6.07) is 1.67. The van der Waals surface area contributed by atoms with Crippen LogP contribution in [0.5, 0.6) is 0 Å². The second-order valence-electron chi connectivity index (χ2n) is 2.06. The van der Waals surface area contributed by atoms with E-state index in [1.807, 2.05) is 6.92 Å². The lowest BCUT2D eigenvalue weighted by molar-refractivity contribution is 0.0659. The molecule has 1 rings (SSSR count). The van der Waals surface area contributed by atoms with Crippen LogP contribution in [0.1, 0.15) is 23.0 Å². The summed E-state index contributed by atoms with van der Waals surface area (Å²) in [5.74, 6) is -0.994. The maximum Gasteiger partial charge on any atom is 0.372 e. The minimum absolute atomic E-state index is 0.0272. The van der Waals surface area contributed by atoms with Crippen molar-refractivity contribution in [2.75, 3.05) is 0 Å². The van der Waals surface area contributed by atoms with E-state index in [2.05, 4.69) is 15.9 Å². The Morgan fingerprint density at radius 1 is 1.82 bits per heavy atom.